The summed E-state index contributed by atoms with van der Waals surface area (Å²) in [5, 5.41) is 22.5. The Morgan fingerprint density at radius 1 is 1.03 bits per heavy atom. The molecule has 0 bridgehead atoms. The molecule has 2 aromatic rings. The summed E-state index contributed by atoms with van der Waals surface area (Å²) in [5.74, 6) is -1.37. The van der Waals surface area contributed by atoms with Crippen molar-refractivity contribution in [1.82, 2.24) is 20.2 Å². The molecule has 38 heavy (non-hydrogen) atoms. The molecule has 202 valence electrons. The smallest absolute Gasteiger partial charge is 0.433 e. The summed E-state index contributed by atoms with van der Waals surface area (Å²) >= 11 is 0. The summed E-state index contributed by atoms with van der Waals surface area (Å²) in [5.41, 5.74) is 1.59. The molecule has 3 N–H and O–H groups in total. The van der Waals surface area contributed by atoms with Gasteiger partial charge in [-0.1, -0.05) is 60.7 Å². The molecule has 0 aromatic heterocycles. The van der Waals surface area contributed by atoms with Crippen LogP contribution in [0.15, 0.2) is 60.7 Å². The number of nitrogens with one attached hydrogen (secondary N) is 1. The lowest BCUT2D eigenvalue weighted by molar-refractivity contribution is -0.262. The number of carboxylic acid groups (broad SMARTS) is 1. The first-order chi connectivity index (χ1) is 18.3. The van der Waals surface area contributed by atoms with Crippen LogP contribution in [0.25, 0.3) is 0 Å². The number of nitrogens with zero attached hydrogens (tertiary/aromatic N) is 3. The first-order valence-electron chi connectivity index (χ1n) is 12.6. The highest BCUT2D eigenvalue weighted by Crippen LogP contribution is 2.30. The Balaban J connectivity index is 1.74. The van der Waals surface area contributed by atoms with Crippen molar-refractivity contribution in [3.63, 3.8) is 0 Å². The monoisotopic (exact) mass is 524 g/mol. The Kier molecular flexibility index (Phi) is 8.59. The topological polar surface area (TPSA) is 140 Å². The minimum atomic E-state index is -1.40. The lowest BCUT2D eigenvalue weighted by Gasteiger charge is -2.53. The number of amides is 4. The Morgan fingerprint density at radius 3 is 2.26 bits per heavy atom. The number of rotatable bonds is 9. The van der Waals surface area contributed by atoms with Crippen LogP contribution in [-0.2, 0) is 32.1 Å². The van der Waals surface area contributed by atoms with Gasteiger partial charge >= 0.3 is 6.09 Å². The molecule has 4 atom stereocenters. The second-order valence-electron chi connectivity index (χ2n) is 9.35. The molecule has 0 radical (unpaired) electrons. The standard InChI is InChI=1S/C27H32N4O7/c1-18-25(34)30-22(16-20-11-6-3-7-12-20)26(35)29(17-23(30)31(38-18)27(36)37)21(24(33)28-13-8-14-32)15-19-9-4-2-5-10-19/h2-7,9-12,18,21-23,32H,8,13-17H2,1H3,(H,28,33)(H,36,37)/t18-,21?,22+,23?/m1/s1. The largest absolute Gasteiger partial charge is 0.463 e. The van der Waals surface area contributed by atoms with E-state index in [2.05, 4.69) is 5.32 Å². The van der Waals surface area contributed by atoms with Crippen LogP contribution in [0.1, 0.15) is 24.5 Å². The van der Waals surface area contributed by atoms with Gasteiger partial charge in [-0.15, -0.1) is 0 Å². The molecule has 4 amide bonds. The summed E-state index contributed by atoms with van der Waals surface area (Å²) in [6.45, 7) is 1.32. The lowest BCUT2D eigenvalue weighted by Crippen LogP contribution is -2.75. The van der Waals surface area contributed by atoms with Crippen LogP contribution in [0.3, 0.4) is 0 Å². The Bertz CT molecular complexity index is 1150. The second kappa shape index (κ2) is 12.1. The summed E-state index contributed by atoms with van der Waals surface area (Å²) < 4.78 is 0. The molecule has 11 nitrogen and oxygen atoms in total. The van der Waals surface area contributed by atoms with Gasteiger partial charge in [0.25, 0.3) is 5.91 Å². The third-order valence-electron chi connectivity index (χ3n) is 6.77. The molecule has 0 aliphatic carbocycles. The Morgan fingerprint density at radius 2 is 1.66 bits per heavy atom. The predicted molar refractivity (Wildman–Crippen MR) is 135 cm³/mol. The minimum Gasteiger partial charge on any atom is -0.463 e. The van der Waals surface area contributed by atoms with Crippen molar-refractivity contribution in [2.45, 2.75) is 50.5 Å². The van der Waals surface area contributed by atoms with Gasteiger partial charge in [0, 0.05) is 26.0 Å². The number of carbonyl (C=O) groups is 4. The normalized spacial score (nSPS) is 22.2. The summed E-state index contributed by atoms with van der Waals surface area (Å²) in [7, 11) is 0. The number of aliphatic hydroxyl groups excluding tert-OH is 1. The number of hydroxylamine groups is 2. The summed E-state index contributed by atoms with van der Waals surface area (Å²) in [6, 6.07) is 16.3. The highest BCUT2D eigenvalue weighted by atomic mass is 16.7. The van der Waals surface area contributed by atoms with Crippen molar-refractivity contribution < 1.29 is 34.2 Å². The van der Waals surface area contributed by atoms with Crippen molar-refractivity contribution in [3.05, 3.63) is 71.8 Å². The molecular weight excluding hydrogens is 492 g/mol. The molecular formula is C27H32N4O7. The maximum Gasteiger partial charge on any atom is 0.433 e. The van der Waals surface area contributed by atoms with E-state index in [4.69, 9.17) is 9.94 Å². The van der Waals surface area contributed by atoms with E-state index in [1.807, 2.05) is 60.7 Å². The van der Waals surface area contributed by atoms with Crippen LogP contribution >= 0.6 is 0 Å². The SMILES string of the molecule is C[C@H]1ON(C(=O)O)C2CN(C(Cc3ccccc3)C(=O)NCCCO)C(=O)[C@H](Cc3ccccc3)N2C1=O. The van der Waals surface area contributed by atoms with Crippen LogP contribution in [0.4, 0.5) is 4.79 Å². The van der Waals surface area contributed by atoms with E-state index in [0.717, 1.165) is 11.1 Å². The predicted octanol–water partition coefficient (Wildman–Crippen LogP) is 1.02. The molecule has 0 spiro atoms. The fourth-order valence-electron chi connectivity index (χ4n) is 4.92. The molecule has 11 heteroatoms. The quantitative estimate of drug-likeness (QED) is 0.416. The highest BCUT2D eigenvalue weighted by Gasteiger charge is 2.53. The van der Waals surface area contributed by atoms with Crippen molar-refractivity contribution in [3.8, 4) is 0 Å². The summed E-state index contributed by atoms with van der Waals surface area (Å²) in [4.78, 5) is 61.0. The molecule has 4 rings (SSSR count). The Hall–Kier alpha value is -3.96. The van der Waals surface area contributed by atoms with E-state index in [1.165, 1.54) is 16.7 Å². The molecule has 0 saturated carbocycles. The van der Waals surface area contributed by atoms with E-state index in [-0.39, 0.29) is 32.5 Å². The van der Waals surface area contributed by atoms with Gasteiger partial charge in [-0.3, -0.25) is 19.2 Å². The zero-order valence-electron chi connectivity index (χ0n) is 21.1. The molecule has 2 aliphatic rings. The van der Waals surface area contributed by atoms with Crippen LogP contribution in [0.5, 0.6) is 0 Å². The number of piperazine rings is 1. The first-order valence-corrected chi connectivity index (χ1v) is 12.6. The zero-order valence-corrected chi connectivity index (χ0v) is 21.1. The summed E-state index contributed by atoms with van der Waals surface area (Å²) in [6.07, 6.45) is -2.96. The van der Waals surface area contributed by atoms with Gasteiger partial charge in [-0.2, -0.15) is 5.06 Å². The average Bonchev–Trinajstić information content (AvgIpc) is 2.92. The molecule has 2 heterocycles. The van der Waals surface area contributed by atoms with Crippen LogP contribution in [0.2, 0.25) is 0 Å². The molecule has 2 aliphatic heterocycles. The van der Waals surface area contributed by atoms with Crippen LogP contribution in [-0.4, -0.2) is 92.9 Å². The molecule has 2 unspecified atom stereocenters. The number of aliphatic hydroxyl groups is 1. The lowest BCUT2D eigenvalue weighted by atomic mass is 9.95. The molecule has 2 saturated heterocycles. The number of benzene rings is 2. The minimum absolute atomic E-state index is 0.104. The van der Waals surface area contributed by atoms with Crippen molar-refractivity contribution >= 4 is 23.8 Å². The van der Waals surface area contributed by atoms with E-state index >= 15 is 0 Å². The zero-order chi connectivity index (χ0) is 27.2. The van der Waals surface area contributed by atoms with Gasteiger partial charge in [0.1, 0.15) is 12.1 Å². The third-order valence-corrected chi connectivity index (χ3v) is 6.77. The molecule has 2 aromatic carbocycles. The fourth-order valence-corrected chi connectivity index (χ4v) is 4.92. The number of fused-ring (bicyclic) bond motifs is 1. The third kappa shape index (κ3) is 5.79. The van der Waals surface area contributed by atoms with Crippen molar-refractivity contribution in [1.29, 1.82) is 0 Å². The highest BCUT2D eigenvalue weighted by molar-refractivity contribution is 5.95. The van der Waals surface area contributed by atoms with E-state index < -0.39 is 48.2 Å². The number of hydrogen-bond acceptors (Lipinski definition) is 6. The maximum atomic E-state index is 14.1. The van der Waals surface area contributed by atoms with E-state index in [0.29, 0.717) is 11.5 Å². The first kappa shape index (κ1) is 27.1. The van der Waals surface area contributed by atoms with Gasteiger partial charge < -0.3 is 25.3 Å². The number of hydrogen-bond donors (Lipinski definition) is 3. The average molecular weight is 525 g/mol. The van der Waals surface area contributed by atoms with Gasteiger partial charge in [0.2, 0.25) is 11.8 Å². The van der Waals surface area contributed by atoms with Gasteiger partial charge in [0.05, 0.1) is 6.54 Å². The van der Waals surface area contributed by atoms with E-state index in [9.17, 15) is 24.3 Å². The van der Waals surface area contributed by atoms with Crippen molar-refractivity contribution in [2.75, 3.05) is 19.7 Å². The van der Waals surface area contributed by atoms with Gasteiger partial charge in [-0.25, -0.2) is 4.79 Å². The van der Waals surface area contributed by atoms with Crippen LogP contribution in [0, 0.1) is 0 Å². The fraction of sp³-hybridized carbons (Fsp3) is 0.407. The van der Waals surface area contributed by atoms with Gasteiger partial charge in [-0.05, 0) is 24.5 Å². The maximum absolute atomic E-state index is 14.1. The van der Waals surface area contributed by atoms with Crippen molar-refractivity contribution in [2.24, 2.45) is 0 Å². The van der Waals surface area contributed by atoms with E-state index in [1.54, 1.807) is 0 Å². The molecule has 2 fully saturated rings. The van der Waals surface area contributed by atoms with Crippen LogP contribution < -0.4 is 5.32 Å². The van der Waals surface area contributed by atoms with Gasteiger partial charge in [0.15, 0.2) is 12.3 Å². The Labute approximate surface area is 220 Å². The number of carbonyl (C=O) groups excluding carboxylic acids is 3. The second-order valence-corrected chi connectivity index (χ2v) is 9.35.